The Hall–Kier alpha value is -3.21. The van der Waals surface area contributed by atoms with E-state index in [0.29, 0.717) is 5.56 Å². The quantitative estimate of drug-likeness (QED) is 0.723. The molecule has 0 aliphatic heterocycles. The predicted molar refractivity (Wildman–Crippen MR) is 105 cm³/mol. The second kappa shape index (κ2) is 7.19. The number of aromatic nitrogens is 3. The number of benzene rings is 1. The van der Waals surface area contributed by atoms with Gasteiger partial charge in [0, 0.05) is 35.6 Å². The van der Waals surface area contributed by atoms with Crippen LogP contribution in [0.15, 0.2) is 67.0 Å². The second-order valence-electron chi connectivity index (χ2n) is 6.88. The minimum Gasteiger partial charge on any atom is -0.346 e. The van der Waals surface area contributed by atoms with Gasteiger partial charge in [0.2, 0.25) is 0 Å². The van der Waals surface area contributed by atoms with Crippen molar-refractivity contribution >= 4 is 5.91 Å². The lowest BCUT2D eigenvalue weighted by Gasteiger charge is -2.15. The second-order valence-corrected chi connectivity index (χ2v) is 6.88. The molecule has 1 aliphatic carbocycles. The van der Waals surface area contributed by atoms with E-state index < -0.39 is 0 Å². The number of carbonyl (C=O) groups excluding carboxylic acids is 1. The monoisotopic (exact) mass is 358 g/mol. The fraction of sp³-hybridized carbons (Fsp3) is 0.227. The maximum atomic E-state index is 12.4. The Bertz CT molecular complexity index is 976. The summed E-state index contributed by atoms with van der Waals surface area (Å²) in [5.41, 5.74) is 5.07. The highest BCUT2D eigenvalue weighted by Crippen LogP contribution is 2.33. The van der Waals surface area contributed by atoms with E-state index in [1.807, 2.05) is 22.9 Å². The molecule has 0 saturated heterocycles. The normalized spacial score (nSPS) is 18.6. The Morgan fingerprint density at radius 1 is 1.11 bits per heavy atom. The first kappa shape index (κ1) is 17.2. The van der Waals surface area contributed by atoms with Crippen LogP contribution in [0.5, 0.6) is 0 Å². The number of rotatable bonds is 4. The molecule has 5 nitrogen and oxygen atoms in total. The average molecular weight is 358 g/mol. The van der Waals surface area contributed by atoms with Crippen LogP contribution in [-0.2, 0) is 0 Å². The summed E-state index contributed by atoms with van der Waals surface area (Å²) in [6.45, 7) is 4.16. The van der Waals surface area contributed by atoms with Gasteiger partial charge >= 0.3 is 0 Å². The molecule has 5 heteroatoms. The van der Waals surface area contributed by atoms with Gasteiger partial charge in [-0.05, 0) is 44.5 Å². The van der Waals surface area contributed by atoms with Gasteiger partial charge in [0.25, 0.3) is 5.91 Å². The Balaban J connectivity index is 1.51. The largest absolute Gasteiger partial charge is 0.346 e. The maximum Gasteiger partial charge on any atom is 0.253 e. The average Bonchev–Trinajstić information content (AvgIpc) is 3.26. The van der Waals surface area contributed by atoms with Crippen LogP contribution in [0.4, 0.5) is 0 Å². The van der Waals surface area contributed by atoms with Crippen molar-refractivity contribution in [3.8, 4) is 5.69 Å². The smallest absolute Gasteiger partial charge is 0.253 e. The van der Waals surface area contributed by atoms with E-state index in [1.165, 1.54) is 5.56 Å². The molecule has 2 heterocycles. The van der Waals surface area contributed by atoms with Gasteiger partial charge in [0.05, 0.1) is 16.9 Å². The minimum atomic E-state index is -0.0909. The molecule has 136 valence electrons. The number of para-hydroxylation sites is 1. The third-order valence-electron chi connectivity index (χ3n) is 5.04. The number of nitrogens with one attached hydrogen (secondary N) is 1. The molecule has 1 aromatic carbocycles. The zero-order chi connectivity index (χ0) is 18.8. The standard InChI is InChI=1S/C22H22N4O/c1-15-21(16(2)26(25-15)20-8-4-3-5-9-20)17-10-11-19(13-17)24-22(27)18-7-6-12-23-14-18/h3-12,14,17,19H,13H2,1-2H3,(H,24,27). The molecule has 3 aromatic rings. The SMILES string of the molecule is Cc1nn(-c2ccccc2)c(C)c1C1C=CC(NC(=O)c2cccnc2)C1. The van der Waals surface area contributed by atoms with Crippen molar-refractivity contribution < 1.29 is 4.79 Å². The van der Waals surface area contributed by atoms with Gasteiger partial charge in [-0.25, -0.2) is 4.68 Å². The Morgan fingerprint density at radius 3 is 2.67 bits per heavy atom. The molecule has 0 radical (unpaired) electrons. The maximum absolute atomic E-state index is 12.4. The van der Waals surface area contributed by atoms with Crippen LogP contribution in [0.25, 0.3) is 5.69 Å². The number of nitrogens with zero attached hydrogens (tertiary/aromatic N) is 3. The summed E-state index contributed by atoms with van der Waals surface area (Å²) < 4.78 is 2.00. The van der Waals surface area contributed by atoms with Gasteiger partial charge in [-0.2, -0.15) is 5.10 Å². The Labute approximate surface area is 158 Å². The Morgan fingerprint density at radius 2 is 1.93 bits per heavy atom. The summed E-state index contributed by atoms with van der Waals surface area (Å²) in [6, 6.07) is 13.7. The van der Waals surface area contributed by atoms with E-state index in [2.05, 4.69) is 48.4 Å². The first-order chi connectivity index (χ1) is 13.1. The van der Waals surface area contributed by atoms with Crippen LogP contribution in [0.1, 0.15) is 39.6 Å². The molecule has 4 rings (SSSR count). The van der Waals surface area contributed by atoms with Crippen molar-refractivity contribution in [3.05, 3.63) is 89.5 Å². The number of hydrogen-bond acceptors (Lipinski definition) is 3. The highest BCUT2D eigenvalue weighted by molar-refractivity contribution is 5.94. The van der Waals surface area contributed by atoms with Crippen LogP contribution in [0.2, 0.25) is 0 Å². The molecule has 0 fully saturated rings. The van der Waals surface area contributed by atoms with Gasteiger partial charge in [0.15, 0.2) is 0 Å². The van der Waals surface area contributed by atoms with Gasteiger partial charge in [0.1, 0.15) is 0 Å². The molecule has 1 amide bonds. The molecular weight excluding hydrogens is 336 g/mol. The van der Waals surface area contributed by atoms with Crippen molar-refractivity contribution in [1.82, 2.24) is 20.1 Å². The first-order valence-corrected chi connectivity index (χ1v) is 9.14. The van der Waals surface area contributed by atoms with Gasteiger partial charge in [-0.15, -0.1) is 0 Å². The van der Waals surface area contributed by atoms with Crippen molar-refractivity contribution in [2.24, 2.45) is 0 Å². The Kier molecular flexibility index (Phi) is 4.59. The lowest BCUT2D eigenvalue weighted by Crippen LogP contribution is -2.32. The molecule has 0 saturated carbocycles. The summed E-state index contributed by atoms with van der Waals surface area (Å²) >= 11 is 0. The number of allylic oxidation sites excluding steroid dienone is 1. The third kappa shape index (κ3) is 3.40. The summed E-state index contributed by atoms with van der Waals surface area (Å²) in [7, 11) is 0. The van der Waals surface area contributed by atoms with Gasteiger partial charge in [-0.3, -0.25) is 9.78 Å². The molecular formula is C22H22N4O. The molecule has 0 bridgehead atoms. The number of pyridine rings is 1. The summed E-state index contributed by atoms with van der Waals surface area (Å²) in [6.07, 6.45) is 8.36. The molecule has 1 aliphatic rings. The van der Waals surface area contributed by atoms with Crippen LogP contribution in [0.3, 0.4) is 0 Å². The zero-order valence-corrected chi connectivity index (χ0v) is 15.5. The summed E-state index contributed by atoms with van der Waals surface area (Å²) in [5.74, 6) is 0.161. The van der Waals surface area contributed by atoms with Crippen LogP contribution in [-0.4, -0.2) is 26.7 Å². The van der Waals surface area contributed by atoms with E-state index in [0.717, 1.165) is 23.5 Å². The van der Waals surface area contributed by atoms with E-state index in [4.69, 9.17) is 5.10 Å². The van der Waals surface area contributed by atoms with E-state index in [9.17, 15) is 4.79 Å². The number of hydrogen-bond donors (Lipinski definition) is 1. The van der Waals surface area contributed by atoms with E-state index >= 15 is 0 Å². The molecule has 27 heavy (non-hydrogen) atoms. The lowest BCUT2D eigenvalue weighted by molar-refractivity contribution is 0.0943. The topological polar surface area (TPSA) is 59.8 Å². The van der Waals surface area contributed by atoms with Crippen molar-refractivity contribution in [3.63, 3.8) is 0 Å². The minimum absolute atomic E-state index is 0.0154. The highest BCUT2D eigenvalue weighted by Gasteiger charge is 2.27. The van der Waals surface area contributed by atoms with Crippen molar-refractivity contribution in [1.29, 1.82) is 0 Å². The predicted octanol–water partition coefficient (Wildman–Crippen LogP) is 3.73. The van der Waals surface area contributed by atoms with Crippen LogP contribution >= 0.6 is 0 Å². The molecule has 0 spiro atoms. The number of carbonyl (C=O) groups is 1. The lowest BCUT2D eigenvalue weighted by atomic mass is 9.96. The fourth-order valence-electron chi connectivity index (χ4n) is 3.78. The fourth-order valence-corrected chi connectivity index (χ4v) is 3.78. The number of aryl methyl sites for hydroxylation is 1. The van der Waals surface area contributed by atoms with Crippen LogP contribution < -0.4 is 5.32 Å². The summed E-state index contributed by atoms with van der Waals surface area (Å²) in [4.78, 5) is 16.4. The molecule has 2 unspecified atom stereocenters. The first-order valence-electron chi connectivity index (χ1n) is 9.14. The van der Waals surface area contributed by atoms with E-state index in [-0.39, 0.29) is 17.9 Å². The van der Waals surface area contributed by atoms with Gasteiger partial charge < -0.3 is 5.32 Å². The third-order valence-corrected chi connectivity index (χ3v) is 5.04. The van der Waals surface area contributed by atoms with Crippen LogP contribution in [0, 0.1) is 13.8 Å². The molecule has 2 atom stereocenters. The highest BCUT2D eigenvalue weighted by atomic mass is 16.1. The molecule has 1 N–H and O–H groups in total. The van der Waals surface area contributed by atoms with Crippen molar-refractivity contribution in [2.75, 3.05) is 0 Å². The number of amides is 1. The van der Waals surface area contributed by atoms with Crippen molar-refractivity contribution in [2.45, 2.75) is 32.2 Å². The summed E-state index contributed by atoms with van der Waals surface area (Å²) in [5, 5.41) is 7.83. The van der Waals surface area contributed by atoms with Gasteiger partial charge in [-0.1, -0.05) is 30.4 Å². The molecule has 2 aromatic heterocycles. The van der Waals surface area contributed by atoms with E-state index in [1.54, 1.807) is 24.5 Å². The zero-order valence-electron chi connectivity index (χ0n) is 15.5.